The second-order valence-corrected chi connectivity index (χ2v) is 9.85. The zero-order valence-electron chi connectivity index (χ0n) is 20.8. The van der Waals surface area contributed by atoms with E-state index in [4.69, 9.17) is 13.9 Å². The van der Waals surface area contributed by atoms with Crippen LogP contribution in [0.4, 0.5) is 0 Å². The van der Waals surface area contributed by atoms with Gasteiger partial charge in [0.15, 0.2) is 16.9 Å². The summed E-state index contributed by atoms with van der Waals surface area (Å²) < 4.78 is 18.6. The largest absolute Gasteiger partial charge is 0.490 e. The maximum Gasteiger partial charge on any atom is 0.290 e. The van der Waals surface area contributed by atoms with Crippen molar-refractivity contribution in [1.82, 2.24) is 4.90 Å². The van der Waals surface area contributed by atoms with E-state index in [0.717, 1.165) is 22.0 Å². The molecule has 5 rings (SSSR count). The molecule has 1 unspecified atom stereocenters. The number of amides is 1. The van der Waals surface area contributed by atoms with Crippen molar-refractivity contribution in [2.45, 2.75) is 32.7 Å². The van der Waals surface area contributed by atoms with E-state index in [0.29, 0.717) is 54.2 Å². The molecule has 0 spiro atoms. The first-order valence-electron chi connectivity index (χ1n) is 12.5. The maximum absolute atomic E-state index is 13.8. The van der Waals surface area contributed by atoms with Crippen LogP contribution in [0, 0.1) is 0 Å². The van der Waals surface area contributed by atoms with Gasteiger partial charge in [0.2, 0.25) is 5.76 Å². The summed E-state index contributed by atoms with van der Waals surface area (Å²) in [6.07, 6.45) is 1.51. The molecule has 6 nitrogen and oxygen atoms in total. The lowest BCUT2D eigenvalue weighted by Crippen LogP contribution is -2.31. The number of hydrogen-bond donors (Lipinski definition) is 0. The van der Waals surface area contributed by atoms with Crippen LogP contribution in [-0.2, 0) is 6.42 Å². The first-order chi connectivity index (χ1) is 18.0. The lowest BCUT2D eigenvalue weighted by molar-refractivity contribution is 0.0729. The molecule has 1 aliphatic heterocycles. The Morgan fingerprint density at radius 3 is 2.51 bits per heavy atom. The van der Waals surface area contributed by atoms with Crippen LogP contribution < -0.4 is 14.9 Å². The van der Waals surface area contributed by atoms with E-state index in [1.165, 1.54) is 0 Å². The van der Waals surface area contributed by atoms with Crippen LogP contribution in [0.25, 0.3) is 11.0 Å². The predicted octanol–water partition coefficient (Wildman–Crippen LogP) is 6.53. The molecule has 0 aliphatic carbocycles. The molecule has 0 bridgehead atoms. The number of rotatable bonds is 9. The summed E-state index contributed by atoms with van der Waals surface area (Å²) in [5, 5.41) is 0.434. The lowest BCUT2D eigenvalue weighted by Gasteiger charge is -2.26. The topological polar surface area (TPSA) is 69.0 Å². The van der Waals surface area contributed by atoms with Crippen molar-refractivity contribution in [1.29, 1.82) is 0 Å². The standard InChI is InChI=1S/C30H28BrNO5/c1-3-16-36-24-12-10-20(17-25(24)35-4-2)27-26-28(33)22-18-21(31)11-13-23(22)37-29(26)30(34)32(27)15-14-19-8-6-5-7-9-19/h5-13,17-18,27H,3-4,14-16H2,1-2H3. The Bertz CT molecular complexity index is 1500. The van der Waals surface area contributed by atoms with Crippen LogP contribution in [0.5, 0.6) is 11.5 Å². The summed E-state index contributed by atoms with van der Waals surface area (Å²) in [4.78, 5) is 29.3. The predicted molar refractivity (Wildman–Crippen MR) is 147 cm³/mol. The van der Waals surface area contributed by atoms with E-state index in [1.807, 2.05) is 62.4 Å². The number of carbonyl (C=O) groups is 1. The zero-order chi connectivity index (χ0) is 25.9. The summed E-state index contributed by atoms with van der Waals surface area (Å²) in [6.45, 7) is 5.41. The molecule has 190 valence electrons. The molecule has 1 amide bonds. The van der Waals surface area contributed by atoms with Crippen LogP contribution >= 0.6 is 15.9 Å². The van der Waals surface area contributed by atoms with Crippen molar-refractivity contribution in [2.75, 3.05) is 19.8 Å². The minimum Gasteiger partial charge on any atom is -0.490 e. The normalized spacial score (nSPS) is 14.7. The van der Waals surface area contributed by atoms with Crippen molar-refractivity contribution in [3.8, 4) is 11.5 Å². The fourth-order valence-electron chi connectivity index (χ4n) is 4.76. The van der Waals surface area contributed by atoms with Gasteiger partial charge < -0.3 is 18.8 Å². The molecule has 1 aromatic heterocycles. The van der Waals surface area contributed by atoms with Crippen molar-refractivity contribution >= 4 is 32.8 Å². The zero-order valence-corrected chi connectivity index (χ0v) is 22.4. The first-order valence-corrected chi connectivity index (χ1v) is 13.3. The highest BCUT2D eigenvalue weighted by atomic mass is 79.9. The number of benzene rings is 3. The minimum absolute atomic E-state index is 0.0992. The number of fused-ring (bicyclic) bond motifs is 2. The number of hydrogen-bond acceptors (Lipinski definition) is 5. The van der Waals surface area contributed by atoms with Gasteiger partial charge in [0.1, 0.15) is 5.58 Å². The molecule has 0 N–H and O–H groups in total. The highest BCUT2D eigenvalue weighted by Crippen LogP contribution is 2.41. The number of halogens is 1. The lowest BCUT2D eigenvalue weighted by atomic mass is 9.97. The van der Waals surface area contributed by atoms with Crippen LogP contribution in [-0.4, -0.2) is 30.6 Å². The Morgan fingerprint density at radius 2 is 1.76 bits per heavy atom. The van der Waals surface area contributed by atoms with Crippen LogP contribution in [0.3, 0.4) is 0 Å². The first kappa shape index (κ1) is 25.1. The fraction of sp³-hybridized carbons (Fsp3) is 0.267. The van der Waals surface area contributed by atoms with Gasteiger partial charge in [-0.15, -0.1) is 0 Å². The highest BCUT2D eigenvalue weighted by Gasteiger charge is 2.42. The van der Waals surface area contributed by atoms with Gasteiger partial charge in [-0.2, -0.15) is 0 Å². The fourth-order valence-corrected chi connectivity index (χ4v) is 5.12. The quantitative estimate of drug-likeness (QED) is 0.232. The highest BCUT2D eigenvalue weighted by molar-refractivity contribution is 9.10. The molecule has 3 aromatic carbocycles. The molecule has 37 heavy (non-hydrogen) atoms. The Morgan fingerprint density at radius 1 is 0.946 bits per heavy atom. The molecular formula is C30H28BrNO5. The van der Waals surface area contributed by atoms with E-state index < -0.39 is 6.04 Å². The summed E-state index contributed by atoms with van der Waals surface area (Å²) in [5.74, 6) is 1.04. The van der Waals surface area contributed by atoms with Gasteiger partial charge in [-0.25, -0.2) is 0 Å². The van der Waals surface area contributed by atoms with Gasteiger partial charge in [-0.3, -0.25) is 9.59 Å². The van der Waals surface area contributed by atoms with Crippen molar-refractivity contribution < 1.29 is 18.7 Å². The van der Waals surface area contributed by atoms with Crippen LogP contribution in [0.2, 0.25) is 0 Å². The average Bonchev–Trinajstić information content (AvgIpc) is 3.19. The molecular weight excluding hydrogens is 534 g/mol. The van der Waals surface area contributed by atoms with Gasteiger partial charge in [0.05, 0.1) is 30.2 Å². The third-order valence-corrected chi connectivity index (χ3v) is 6.95. The molecule has 0 radical (unpaired) electrons. The van der Waals surface area contributed by atoms with E-state index in [2.05, 4.69) is 15.9 Å². The molecule has 1 atom stereocenters. The Balaban J connectivity index is 1.64. The summed E-state index contributed by atoms with van der Waals surface area (Å²) in [6, 6.07) is 20.3. The third kappa shape index (κ3) is 4.88. The minimum atomic E-state index is -0.606. The Labute approximate surface area is 223 Å². The van der Waals surface area contributed by atoms with Gasteiger partial charge >= 0.3 is 0 Å². The van der Waals surface area contributed by atoms with Gasteiger partial charge in [0.25, 0.3) is 5.91 Å². The summed E-state index contributed by atoms with van der Waals surface area (Å²) in [5.41, 5.74) is 2.42. The van der Waals surface area contributed by atoms with Crippen molar-refractivity contribution in [3.05, 3.63) is 104 Å². The van der Waals surface area contributed by atoms with Crippen LogP contribution in [0.1, 0.15) is 53.6 Å². The number of ether oxygens (including phenoxy) is 2. The molecule has 4 aromatic rings. The van der Waals surface area contributed by atoms with E-state index in [-0.39, 0.29) is 17.1 Å². The maximum atomic E-state index is 13.8. The van der Waals surface area contributed by atoms with E-state index in [9.17, 15) is 9.59 Å². The number of carbonyl (C=O) groups excluding carboxylic acids is 1. The SMILES string of the molecule is CCCOc1ccc(C2c3c(oc4ccc(Br)cc4c3=O)C(=O)N2CCc2ccccc2)cc1OCC. The molecule has 7 heteroatoms. The molecule has 0 saturated carbocycles. The summed E-state index contributed by atoms with van der Waals surface area (Å²) >= 11 is 3.45. The number of nitrogens with zero attached hydrogens (tertiary/aromatic N) is 1. The molecule has 0 saturated heterocycles. The smallest absolute Gasteiger partial charge is 0.290 e. The van der Waals surface area contributed by atoms with Gasteiger partial charge in [0, 0.05) is 11.0 Å². The van der Waals surface area contributed by atoms with Crippen molar-refractivity contribution in [2.24, 2.45) is 0 Å². The summed E-state index contributed by atoms with van der Waals surface area (Å²) in [7, 11) is 0. The average molecular weight is 562 g/mol. The van der Waals surface area contributed by atoms with Gasteiger partial charge in [-0.05, 0) is 61.2 Å². The molecule has 0 fully saturated rings. The molecule has 1 aliphatic rings. The molecule has 2 heterocycles. The van der Waals surface area contributed by atoms with Gasteiger partial charge in [-0.1, -0.05) is 59.3 Å². The second kappa shape index (κ2) is 10.8. The Hall–Kier alpha value is -3.58. The third-order valence-electron chi connectivity index (χ3n) is 6.46. The van der Waals surface area contributed by atoms with E-state index >= 15 is 0 Å². The Kier molecular flexibility index (Phi) is 7.33. The monoisotopic (exact) mass is 561 g/mol. The second-order valence-electron chi connectivity index (χ2n) is 8.94. The van der Waals surface area contributed by atoms with Crippen molar-refractivity contribution in [3.63, 3.8) is 0 Å². The van der Waals surface area contributed by atoms with Crippen LogP contribution in [0.15, 0.2) is 80.4 Å². The van der Waals surface area contributed by atoms with E-state index in [1.54, 1.807) is 23.1 Å².